The maximum Gasteiger partial charge on any atom is 0.196 e. The van der Waals surface area contributed by atoms with Gasteiger partial charge in [0.2, 0.25) is 0 Å². The molecule has 1 saturated heterocycles. The maximum absolute atomic E-state index is 13.0. The Morgan fingerprint density at radius 1 is 1.23 bits per heavy atom. The van der Waals surface area contributed by atoms with Crippen LogP contribution in [0, 0.1) is 0 Å². The van der Waals surface area contributed by atoms with Gasteiger partial charge in [0.1, 0.15) is 11.4 Å². The highest BCUT2D eigenvalue weighted by Crippen LogP contribution is 2.32. The standard InChI is InChI=1S/C21H27N3O2/c1-3-21(2,19-9-6-12-24-19)26-18-8-5-4-7-15(18)20(25)14-10-11-16(22)17(23)13-14/h4-5,7-8,10-11,13,19,24H,3,6,9,12,22-23H2,1-2H3. The van der Waals surface area contributed by atoms with Crippen molar-refractivity contribution in [3.05, 3.63) is 53.6 Å². The van der Waals surface area contributed by atoms with Crippen molar-refractivity contribution < 1.29 is 9.53 Å². The summed E-state index contributed by atoms with van der Waals surface area (Å²) >= 11 is 0. The van der Waals surface area contributed by atoms with Crippen LogP contribution in [-0.4, -0.2) is 24.0 Å². The van der Waals surface area contributed by atoms with Crippen LogP contribution in [0.5, 0.6) is 5.75 Å². The summed E-state index contributed by atoms with van der Waals surface area (Å²) < 4.78 is 6.42. The molecule has 1 fully saturated rings. The summed E-state index contributed by atoms with van der Waals surface area (Å²) in [6, 6.07) is 12.6. The minimum Gasteiger partial charge on any atom is -0.485 e. The quantitative estimate of drug-likeness (QED) is 0.547. The summed E-state index contributed by atoms with van der Waals surface area (Å²) in [7, 11) is 0. The van der Waals surface area contributed by atoms with Gasteiger partial charge in [-0.2, -0.15) is 0 Å². The van der Waals surface area contributed by atoms with Crippen LogP contribution in [0.3, 0.4) is 0 Å². The van der Waals surface area contributed by atoms with Crippen LogP contribution in [0.25, 0.3) is 0 Å². The van der Waals surface area contributed by atoms with Gasteiger partial charge in [-0.1, -0.05) is 19.1 Å². The fraction of sp³-hybridized carbons (Fsp3) is 0.381. The van der Waals surface area contributed by atoms with Crippen LogP contribution >= 0.6 is 0 Å². The number of hydrogen-bond donors (Lipinski definition) is 3. The molecule has 2 aromatic rings. The van der Waals surface area contributed by atoms with Crippen LogP contribution in [0.4, 0.5) is 11.4 Å². The highest BCUT2D eigenvalue weighted by atomic mass is 16.5. The zero-order chi connectivity index (χ0) is 18.7. The first-order valence-electron chi connectivity index (χ1n) is 9.15. The van der Waals surface area contributed by atoms with Crippen LogP contribution in [0.15, 0.2) is 42.5 Å². The number of para-hydroxylation sites is 1. The van der Waals surface area contributed by atoms with E-state index in [0.717, 1.165) is 25.8 Å². The number of carbonyl (C=O) groups is 1. The molecule has 0 saturated carbocycles. The lowest BCUT2D eigenvalue weighted by Gasteiger charge is -2.36. The molecule has 1 aliphatic rings. The lowest BCUT2D eigenvalue weighted by Crippen LogP contribution is -2.49. The molecule has 0 aliphatic carbocycles. The van der Waals surface area contributed by atoms with E-state index in [9.17, 15) is 4.79 Å². The van der Waals surface area contributed by atoms with Gasteiger partial charge in [0, 0.05) is 11.6 Å². The summed E-state index contributed by atoms with van der Waals surface area (Å²) in [5.41, 5.74) is 13.2. The topological polar surface area (TPSA) is 90.4 Å². The summed E-state index contributed by atoms with van der Waals surface area (Å²) in [6.07, 6.45) is 3.08. The zero-order valence-electron chi connectivity index (χ0n) is 15.4. The number of nitrogens with one attached hydrogen (secondary N) is 1. The van der Waals surface area contributed by atoms with Crippen LogP contribution in [0.1, 0.15) is 49.0 Å². The number of anilines is 2. The largest absolute Gasteiger partial charge is 0.485 e. The van der Waals surface area contributed by atoms with Crippen molar-refractivity contribution in [2.75, 3.05) is 18.0 Å². The Morgan fingerprint density at radius 3 is 2.65 bits per heavy atom. The molecule has 5 N–H and O–H groups in total. The Balaban J connectivity index is 1.92. The van der Waals surface area contributed by atoms with Crippen molar-refractivity contribution in [3.63, 3.8) is 0 Å². The molecule has 5 heteroatoms. The van der Waals surface area contributed by atoms with Crippen molar-refractivity contribution in [3.8, 4) is 5.75 Å². The second kappa shape index (κ2) is 7.38. The predicted molar refractivity (Wildman–Crippen MR) is 105 cm³/mol. The Hall–Kier alpha value is -2.53. The Labute approximate surface area is 154 Å². The molecule has 5 nitrogen and oxygen atoms in total. The van der Waals surface area contributed by atoms with Crippen molar-refractivity contribution in [1.29, 1.82) is 0 Å². The predicted octanol–water partition coefficient (Wildman–Crippen LogP) is 3.38. The summed E-state index contributed by atoms with van der Waals surface area (Å²) in [4.78, 5) is 13.0. The molecule has 0 radical (unpaired) electrons. The number of ether oxygens (including phenoxy) is 1. The van der Waals surface area contributed by atoms with Crippen LogP contribution in [-0.2, 0) is 0 Å². The average Bonchev–Trinajstić information content (AvgIpc) is 3.19. The summed E-state index contributed by atoms with van der Waals surface area (Å²) in [6.45, 7) is 5.23. The van der Waals surface area contributed by atoms with Gasteiger partial charge < -0.3 is 21.5 Å². The third-order valence-electron chi connectivity index (χ3n) is 5.32. The van der Waals surface area contributed by atoms with Crippen molar-refractivity contribution >= 4 is 17.2 Å². The zero-order valence-corrected chi connectivity index (χ0v) is 15.4. The van der Waals surface area contributed by atoms with Gasteiger partial charge in [-0.3, -0.25) is 4.79 Å². The van der Waals surface area contributed by atoms with E-state index >= 15 is 0 Å². The minimum atomic E-state index is -0.368. The van der Waals surface area contributed by atoms with E-state index in [1.54, 1.807) is 24.3 Å². The minimum absolute atomic E-state index is 0.120. The van der Waals surface area contributed by atoms with Crippen molar-refractivity contribution in [2.45, 2.75) is 44.8 Å². The van der Waals surface area contributed by atoms with E-state index < -0.39 is 0 Å². The third kappa shape index (κ3) is 3.53. The van der Waals surface area contributed by atoms with E-state index in [-0.39, 0.29) is 17.4 Å². The van der Waals surface area contributed by atoms with Gasteiger partial charge in [0.25, 0.3) is 0 Å². The third-order valence-corrected chi connectivity index (χ3v) is 5.32. The summed E-state index contributed by atoms with van der Waals surface area (Å²) in [5, 5.41) is 3.52. The SMILES string of the molecule is CCC(C)(Oc1ccccc1C(=O)c1ccc(N)c(N)c1)C1CCCN1. The Bertz CT molecular complexity index is 800. The van der Waals surface area contributed by atoms with Crippen LogP contribution in [0.2, 0.25) is 0 Å². The van der Waals surface area contributed by atoms with E-state index in [0.29, 0.717) is 28.3 Å². The van der Waals surface area contributed by atoms with Gasteiger partial charge in [-0.05, 0) is 63.1 Å². The average molecular weight is 353 g/mol. The molecule has 1 heterocycles. The Morgan fingerprint density at radius 2 is 2.00 bits per heavy atom. The fourth-order valence-electron chi connectivity index (χ4n) is 3.46. The van der Waals surface area contributed by atoms with Gasteiger partial charge in [0.15, 0.2) is 5.78 Å². The van der Waals surface area contributed by atoms with Gasteiger partial charge in [-0.25, -0.2) is 0 Å². The van der Waals surface area contributed by atoms with E-state index in [1.165, 1.54) is 0 Å². The number of carbonyl (C=O) groups excluding carboxylic acids is 1. The molecule has 26 heavy (non-hydrogen) atoms. The van der Waals surface area contributed by atoms with E-state index in [2.05, 4.69) is 19.2 Å². The molecule has 2 atom stereocenters. The normalized spacial score (nSPS) is 19.1. The molecule has 2 unspecified atom stereocenters. The number of benzene rings is 2. The molecule has 0 spiro atoms. The lowest BCUT2D eigenvalue weighted by atomic mass is 9.91. The molecule has 0 amide bonds. The van der Waals surface area contributed by atoms with E-state index in [1.807, 2.05) is 18.2 Å². The number of nitrogens with two attached hydrogens (primary N) is 2. The lowest BCUT2D eigenvalue weighted by molar-refractivity contribution is 0.0477. The second-order valence-corrected chi connectivity index (χ2v) is 7.09. The first kappa shape index (κ1) is 18.3. The van der Waals surface area contributed by atoms with Crippen molar-refractivity contribution in [1.82, 2.24) is 5.32 Å². The van der Waals surface area contributed by atoms with Gasteiger partial charge >= 0.3 is 0 Å². The molecular formula is C21H27N3O2. The smallest absolute Gasteiger partial charge is 0.196 e. The van der Waals surface area contributed by atoms with E-state index in [4.69, 9.17) is 16.2 Å². The molecule has 3 rings (SSSR count). The molecule has 0 aromatic heterocycles. The molecule has 2 aromatic carbocycles. The molecule has 138 valence electrons. The number of rotatable bonds is 6. The fourth-order valence-corrected chi connectivity index (χ4v) is 3.46. The first-order valence-corrected chi connectivity index (χ1v) is 9.15. The van der Waals surface area contributed by atoms with Gasteiger partial charge in [0.05, 0.1) is 16.9 Å². The van der Waals surface area contributed by atoms with Gasteiger partial charge in [-0.15, -0.1) is 0 Å². The maximum atomic E-state index is 13.0. The number of nitrogen functional groups attached to an aromatic ring is 2. The number of ketones is 1. The second-order valence-electron chi connectivity index (χ2n) is 7.09. The highest BCUT2D eigenvalue weighted by molar-refractivity contribution is 6.11. The number of hydrogen-bond acceptors (Lipinski definition) is 5. The molecule has 1 aliphatic heterocycles. The van der Waals surface area contributed by atoms with Crippen LogP contribution < -0.4 is 21.5 Å². The monoisotopic (exact) mass is 353 g/mol. The highest BCUT2D eigenvalue weighted by Gasteiger charge is 2.37. The summed E-state index contributed by atoms with van der Waals surface area (Å²) in [5.74, 6) is 0.482. The Kier molecular flexibility index (Phi) is 5.18. The molecular weight excluding hydrogens is 326 g/mol. The first-order chi connectivity index (χ1) is 12.4. The molecule has 0 bridgehead atoms. The van der Waals surface area contributed by atoms with Crippen molar-refractivity contribution in [2.24, 2.45) is 0 Å².